The van der Waals surface area contributed by atoms with Crippen molar-refractivity contribution >= 4 is 10.9 Å². The molecule has 0 spiro atoms. The fourth-order valence-corrected chi connectivity index (χ4v) is 4.93. The Kier molecular flexibility index (Phi) is 3.01. The number of aromatic nitrogens is 1. The molecule has 1 aliphatic carbocycles. The minimum absolute atomic E-state index is 0.0810. The van der Waals surface area contributed by atoms with E-state index in [1.807, 2.05) is 6.07 Å². The van der Waals surface area contributed by atoms with Gasteiger partial charge in [0, 0.05) is 34.5 Å². The van der Waals surface area contributed by atoms with Gasteiger partial charge in [-0.25, -0.2) is 0 Å². The number of aromatic amines is 1. The molecule has 2 heterocycles. The first-order chi connectivity index (χ1) is 11.8. The highest BCUT2D eigenvalue weighted by Crippen LogP contribution is 2.50. The quantitative estimate of drug-likeness (QED) is 0.755. The van der Waals surface area contributed by atoms with Crippen LogP contribution in [0.4, 0.5) is 0 Å². The zero-order valence-corrected chi connectivity index (χ0v) is 13.9. The van der Waals surface area contributed by atoms with E-state index in [2.05, 4.69) is 52.8 Å². The summed E-state index contributed by atoms with van der Waals surface area (Å²) in [6, 6.07) is 18.0. The van der Waals surface area contributed by atoms with E-state index >= 15 is 0 Å². The summed E-state index contributed by atoms with van der Waals surface area (Å²) in [7, 11) is 1.75. The molecule has 2 atom stereocenters. The average Bonchev–Trinajstić information content (AvgIpc) is 3.00. The summed E-state index contributed by atoms with van der Waals surface area (Å²) in [5.41, 5.74) is 5.65. The Hall–Kier alpha value is -2.26. The Balaban J connectivity index is 1.80. The van der Waals surface area contributed by atoms with Crippen molar-refractivity contribution in [2.75, 3.05) is 13.7 Å². The van der Waals surface area contributed by atoms with Crippen LogP contribution in [0.1, 0.15) is 29.7 Å². The molecule has 1 aliphatic heterocycles. The number of H-pyrrole nitrogens is 1. The summed E-state index contributed by atoms with van der Waals surface area (Å²) in [4.78, 5) is 3.70. The lowest BCUT2D eigenvalue weighted by molar-refractivity contribution is 0.269. The summed E-state index contributed by atoms with van der Waals surface area (Å²) < 4.78 is 5.51. The van der Waals surface area contributed by atoms with Crippen molar-refractivity contribution in [3.05, 3.63) is 65.4 Å². The van der Waals surface area contributed by atoms with E-state index in [1.54, 1.807) is 7.11 Å². The number of nitrogens with one attached hydrogen (secondary N) is 2. The maximum atomic E-state index is 5.51. The minimum atomic E-state index is 0.0810. The lowest BCUT2D eigenvalue weighted by atomic mass is 9.62. The smallest absolute Gasteiger partial charge is 0.119 e. The van der Waals surface area contributed by atoms with Crippen LogP contribution < -0.4 is 10.1 Å². The number of ether oxygens (including phenoxy) is 1. The lowest BCUT2D eigenvalue weighted by Gasteiger charge is -2.46. The van der Waals surface area contributed by atoms with Gasteiger partial charge in [0.05, 0.1) is 7.11 Å². The third-order valence-corrected chi connectivity index (χ3v) is 5.91. The molecule has 24 heavy (non-hydrogen) atoms. The Bertz CT molecular complexity index is 913. The summed E-state index contributed by atoms with van der Waals surface area (Å²) in [5, 5.41) is 5.09. The van der Waals surface area contributed by atoms with Gasteiger partial charge in [0.15, 0.2) is 0 Å². The van der Waals surface area contributed by atoms with E-state index in [0.29, 0.717) is 6.04 Å². The largest absolute Gasteiger partial charge is 0.497 e. The van der Waals surface area contributed by atoms with E-state index in [4.69, 9.17) is 4.74 Å². The van der Waals surface area contributed by atoms with E-state index in [-0.39, 0.29) is 5.41 Å². The van der Waals surface area contributed by atoms with E-state index in [0.717, 1.165) is 31.6 Å². The van der Waals surface area contributed by atoms with Crippen LogP contribution in [0.15, 0.2) is 48.5 Å². The minimum Gasteiger partial charge on any atom is -0.497 e. The van der Waals surface area contributed by atoms with Crippen molar-refractivity contribution in [3.63, 3.8) is 0 Å². The van der Waals surface area contributed by atoms with Crippen LogP contribution >= 0.6 is 0 Å². The van der Waals surface area contributed by atoms with Gasteiger partial charge in [-0.05, 0) is 48.7 Å². The second-order valence-electron chi connectivity index (χ2n) is 7.15. The molecule has 1 fully saturated rings. The highest BCUT2D eigenvalue weighted by atomic mass is 16.5. The summed E-state index contributed by atoms with van der Waals surface area (Å²) in [6.07, 6.45) is 3.39. The van der Waals surface area contributed by atoms with Crippen LogP contribution in [0.5, 0.6) is 5.75 Å². The number of hydrogen-bond acceptors (Lipinski definition) is 2. The maximum absolute atomic E-state index is 5.51. The van der Waals surface area contributed by atoms with Crippen molar-refractivity contribution in [2.24, 2.45) is 0 Å². The molecular weight excluding hydrogens is 296 g/mol. The molecule has 0 amide bonds. The van der Waals surface area contributed by atoms with Gasteiger partial charge in [-0.1, -0.05) is 30.3 Å². The third-order valence-electron chi connectivity index (χ3n) is 5.91. The average molecular weight is 318 g/mol. The molecule has 0 radical (unpaired) electrons. The second kappa shape index (κ2) is 5.12. The molecular formula is C21H22N2O. The number of fused-ring (bicyclic) bond motifs is 6. The van der Waals surface area contributed by atoms with Gasteiger partial charge in [0.1, 0.15) is 5.75 Å². The molecule has 2 bridgehead atoms. The number of para-hydroxylation sites is 1. The first-order valence-electron chi connectivity index (χ1n) is 8.78. The Morgan fingerprint density at radius 3 is 2.96 bits per heavy atom. The Morgan fingerprint density at radius 2 is 2.04 bits per heavy atom. The lowest BCUT2D eigenvalue weighted by Crippen LogP contribution is -2.51. The molecule has 1 aromatic heterocycles. The zero-order valence-electron chi connectivity index (χ0n) is 13.9. The van der Waals surface area contributed by atoms with Crippen LogP contribution in [-0.2, 0) is 11.8 Å². The summed E-state index contributed by atoms with van der Waals surface area (Å²) in [5.74, 6) is 0.948. The molecule has 0 unspecified atom stereocenters. The molecule has 2 N–H and O–H groups in total. The van der Waals surface area contributed by atoms with Crippen molar-refractivity contribution in [2.45, 2.75) is 30.7 Å². The van der Waals surface area contributed by atoms with Gasteiger partial charge in [-0.2, -0.15) is 0 Å². The molecule has 0 saturated carbocycles. The number of hydrogen-bond donors (Lipinski definition) is 2. The van der Waals surface area contributed by atoms with Crippen molar-refractivity contribution in [3.8, 4) is 5.75 Å². The third kappa shape index (κ3) is 1.88. The number of piperidine rings is 1. The van der Waals surface area contributed by atoms with Crippen LogP contribution in [0.25, 0.3) is 10.9 Å². The van der Waals surface area contributed by atoms with E-state index in [9.17, 15) is 0 Å². The monoisotopic (exact) mass is 318 g/mol. The second-order valence-corrected chi connectivity index (χ2v) is 7.15. The number of methoxy groups -OCH3 is 1. The first kappa shape index (κ1) is 14.1. The molecule has 3 nitrogen and oxygen atoms in total. The molecule has 1 saturated heterocycles. The molecule has 2 aromatic carbocycles. The van der Waals surface area contributed by atoms with Crippen LogP contribution in [0.3, 0.4) is 0 Å². The summed E-state index contributed by atoms with van der Waals surface area (Å²) in [6.45, 7) is 1.07. The van der Waals surface area contributed by atoms with Crippen molar-refractivity contribution in [1.82, 2.24) is 10.3 Å². The van der Waals surface area contributed by atoms with Crippen molar-refractivity contribution < 1.29 is 4.74 Å². The van der Waals surface area contributed by atoms with Gasteiger partial charge < -0.3 is 15.0 Å². The SMILES string of the molecule is COc1cccc([C@]23CCN[C@H](Cc4[nH]c5ccccc5c42)C3)c1. The Morgan fingerprint density at radius 1 is 1.12 bits per heavy atom. The van der Waals surface area contributed by atoms with E-state index < -0.39 is 0 Å². The normalized spacial score (nSPS) is 25.5. The fraction of sp³-hybridized carbons (Fsp3) is 0.333. The fourth-order valence-electron chi connectivity index (χ4n) is 4.93. The molecule has 122 valence electrons. The topological polar surface area (TPSA) is 37.0 Å². The molecule has 5 rings (SSSR count). The molecule has 2 aliphatic rings. The van der Waals surface area contributed by atoms with Gasteiger partial charge >= 0.3 is 0 Å². The predicted molar refractivity (Wildman–Crippen MR) is 96.8 cm³/mol. The van der Waals surface area contributed by atoms with Crippen LogP contribution in [0.2, 0.25) is 0 Å². The predicted octanol–water partition coefficient (Wildman–Crippen LogP) is 3.77. The van der Waals surface area contributed by atoms with Crippen molar-refractivity contribution in [1.29, 1.82) is 0 Å². The van der Waals surface area contributed by atoms with Gasteiger partial charge in [-0.15, -0.1) is 0 Å². The number of rotatable bonds is 2. The Labute approximate surface area is 142 Å². The molecule has 3 aromatic rings. The highest BCUT2D eigenvalue weighted by molar-refractivity contribution is 5.87. The maximum Gasteiger partial charge on any atom is 0.119 e. The first-order valence-corrected chi connectivity index (χ1v) is 8.78. The standard InChI is InChI=1S/C21H22N2O/c1-24-16-6-4-5-14(11-16)21-9-10-22-15(13-21)12-19-20(21)17-7-2-3-8-18(17)23-19/h2-8,11,15,22-23H,9-10,12-13H2,1H3/t15-,21-/m1/s1. The van der Waals surface area contributed by atoms with Gasteiger partial charge in [-0.3, -0.25) is 0 Å². The molecule has 3 heteroatoms. The van der Waals surface area contributed by atoms with Gasteiger partial charge in [0.2, 0.25) is 0 Å². The summed E-state index contributed by atoms with van der Waals surface area (Å²) >= 11 is 0. The number of benzene rings is 2. The van der Waals surface area contributed by atoms with Crippen LogP contribution in [0, 0.1) is 0 Å². The van der Waals surface area contributed by atoms with Crippen LogP contribution in [-0.4, -0.2) is 24.7 Å². The zero-order chi connectivity index (χ0) is 16.1. The van der Waals surface area contributed by atoms with Gasteiger partial charge in [0.25, 0.3) is 0 Å². The van der Waals surface area contributed by atoms with E-state index in [1.165, 1.54) is 27.7 Å². The highest BCUT2D eigenvalue weighted by Gasteiger charge is 2.46.